The first-order valence-electron chi connectivity index (χ1n) is 11.3. The predicted molar refractivity (Wildman–Crippen MR) is 122 cm³/mol. The maximum atomic E-state index is 13.1. The quantitative estimate of drug-likeness (QED) is 0.577. The monoisotopic (exact) mass is 456 g/mol. The van der Waals surface area contributed by atoms with Gasteiger partial charge in [0.25, 0.3) is 5.56 Å². The maximum absolute atomic E-state index is 13.1. The summed E-state index contributed by atoms with van der Waals surface area (Å²) < 4.78 is 16.4. The molecule has 0 radical (unpaired) electrons. The van der Waals surface area contributed by atoms with Gasteiger partial charge in [-0.25, -0.2) is 14.2 Å². The number of aromatic nitrogens is 4. The van der Waals surface area contributed by atoms with Crippen LogP contribution in [-0.2, 0) is 31.4 Å². The molecule has 0 spiro atoms. The number of aryl methyl sites for hydroxylation is 2. The number of unbranched alkanes of at least 4 members (excludes halogenated alkanes) is 1. The number of hydrogen-bond donors (Lipinski definition) is 1. The summed E-state index contributed by atoms with van der Waals surface area (Å²) in [4.78, 5) is 48.4. The molecule has 4 rings (SSSR count). The smallest absolute Gasteiger partial charge is 0.330 e. The Morgan fingerprint density at radius 1 is 1.12 bits per heavy atom. The summed E-state index contributed by atoms with van der Waals surface area (Å²) in [5.74, 6) is 0.416. The third-order valence-electron chi connectivity index (χ3n) is 6.20. The molecule has 3 heterocycles. The second kappa shape index (κ2) is 9.70. The van der Waals surface area contributed by atoms with Crippen LogP contribution in [0.3, 0.4) is 0 Å². The van der Waals surface area contributed by atoms with Crippen LogP contribution in [0.2, 0.25) is 0 Å². The van der Waals surface area contributed by atoms with Gasteiger partial charge in [0.05, 0.1) is 13.0 Å². The Morgan fingerprint density at radius 2 is 1.82 bits per heavy atom. The van der Waals surface area contributed by atoms with Crippen LogP contribution >= 0.6 is 0 Å². The first-order chi connectivity index (χ1) is 15.9. The molecule has 0 unspecified atom stereocenters. The molecule has 1 aromatic carbocycles. The fraction of sp³-hybridized carbons (Fsp3) is 0.478. The number of amides is 1. The summed E-state index contributed by atoms with van der Waals surface area (Å²) in [6.45, 7) is 5.61. The Hall–Kier alpha value is -3.27. The van der Waals surface area contributed by atoms with Crippen molar-refractivity contribution in [2.24, 2.45) is 7.05 Å². The van der Waals surface area contributed by atoms with Crippen molar-refractivity contribution in [2.75, 3.05) is 26.2 Å². The molecular weight excluding hydrogens is 427 g/mol. The topological polar surface area (TPSA) is 96.2 Å². The van der Waals surface area contributed by atoms with Crippen molar-refractivity contribution in [1.82, 2.24) is 28.9 Å². The minimum absolute atomic E-state index is 0.0236. The number of imidazole rings is 1. The number of fused-ring (bicyclic) bond motifs is 1. The van der Waals surface area contributed by atoms with Crippen LogP contribution in [0.25, 0.3) is 11.2 Å². The second-order valence-electron chi connectivity index (χ2n) is 8.48. The normalized spacial score (nSPS) is 14.8. The Balaban J connectivity index is 1.43. The van der Waals surface area contributed by atoms with Crippen LogP contribution in [0.1, 0.15) is 31.2 Å². The van der Waals surface area contributed by atoms with E-state index in [1.165, 1.54) is 16.7 Å². The minimum atomic E-state index is -0.432. The molecule has 1 fully saturated rings. The van der Waals surface area contributed by atoms with E-state index >= 15 is 0 Å². The Bertz CT molecular complexity index is 1250. The summed E-state index contributed by atoms with van der Waals surface area (Å²) in [5, 5.41) is 0. The van der Waals surface area contributed by atoms with Crippen LogP contribution in [0.15, 0.2) is 33.9 Å². The van der Waals surface area contributed by atoms with E-state index in [1.54, 1.807) is 23.7 Å². The van der Waals surface area contributed by atoms with Gasteiger partial charge in [-0.3, -0.25) is 24.0 Å². The van der Waals surface area contributed by atoms with E-state index < -0.39 is 11.2 Å². The standard InChI is InChI=1S/C23H29FN6O3/c1-3-4-9-30-21-20(22(32)26-23(30)33)27(2)18(25-21)15-28-10-12-29(13-11-28)19(31)14-16-5-7-17(24)8-6-16/h5-8H,3-4,9-15H2,1-2H3,(H,26,32,33). The fourth-order valence-corrected chi connectivity index (χ4v) is 4.20. The number of H-pyrrole nitrogens is 1. The van der Waals surface area contributed by atoms with Gasteiger partial charge in [-0.2, -0.15) is 0 Å². The highest BCUT2D eigenvalue weighted by molar-refractivity contribution is 5.78. The Labute approximate surface area is 190 Å². The predicted octanol–water partition coefficient (Wildman–Crippen LogP) is 1.25. The van der Waals surface area contributed by atoms with Gasteiger partial charge in [-0.1, -0.05) is 25.5 Å². The first kappa shape index (κ1) is 22.9. The van der Waals surface area contributed by atoms with Crippen molar-refractivity contribution in [2.45, 2.75) is 39.3 Å². The van der Waals surface area contributed by atoms with Gasteiger partial charge in [0, 0.05) is 39.8 Å². The SMILES string of the molecule is CCCCn1c(=O)[nH]c(=O)c2c1nc(CN1CCN(C(=O)Cc3ccc(F)cc3)CC1)n2C. The number of rotatable bonds is 7. The number of aromatic amines is 1. The number of piperazine rings is 1. The molecule has 2 aromatic heterocycles. The van der Waals surface area contributed by atoms with E-state index in [0.29, 0.717) is 56.3 Å². The van der Waals surface area contributed by atoms with Gasteiger partial charge in [0.2, 0.25) is 5.91 Å². The number of nitrogens with zero attached hydrogens (tertiary/aromatic N) is 5. The lowest BCUT2D eigenvalue weighted by molar-refractivity contribution is -0.132. The van der Waals surface area contributed by atoms with E-state index in [2.05, 4.69) is 14.9 Å². The molecule has 0 aliphatic carbocycles. The Morgan fingerprint density at radius 3 is 2.48 bits per heavy atom. The molecule has 3 aromatic rings. The van der Waals surface area contributed by atoms with E-state index in [1.807, 2.05) is 11.8 Å². The van der Waals surface area contributed by atoms with Crippen molar-refractivity contribution in [3.63, 3.8) is 0 Å². The zero-order valence-electron chi connectivity index (χ0n) is 19.0. The number of halogens is 1. The fourth-order valence-electron chi connectivity index (χ4n) is 4.20. The zero-order chi connectivity index (χ0) is 23.5. The summed E-state index contributed by atoms with van der Waals surface area (Å²) >= 11 is 0. The average molecular weight is 457 g/mol. The highest BCUT2D eigenvalue weighted by Gasteiger charge is 2.23. The molecule has 0 saturated carbocycles. The molecule has 9 nitrogen and oxygen atoms in total. The number of carbonyl (C=O) groups is 1. The van der Waals surface area contributed by atoms with Gasteiger partial charge in [0.15, 0.2) is 11.2 Å². The Kier molecular flexibility index (Phi) is 6.73. The number of hydrogen-bond acceptors (Lipinski definition) is 5. The second-order valence-corrected chi connectivity index (χ2v) is 8.48. The average Bonchev–Trinajstić information content (AvgIpc) is 3.12. The largest absolute Gasteiger partial charge is 0.340 e. The number of carbonyl (C=O) groups excluding carboxylic acids is 1. The molecule has 1 N–H and O–H groups in total. The minimum Gasteiger partial charge on any atom is -0.340 e. The van der Waals surface area contributed by atoms with Crippen molar-refractivity contribution < 1.29 is 9.18 Å². The molecule has 0 atom stereocenters. The third kappa shape index (κ3) is 4.90. The number of nitrogens with one attached hydrogen (secondary N) is 1. The van der Waals surface area contributed by atoms with Crippen LogP contribution in [0, 0.1) is 5.82 Å². The van der Waals surface area contributed by atoms with Crippen LogP contribution in [0.5, 0.6) is 0 Å². The lowest BCUT2D eigenvalue weighted by atomic mass is 10.1. The van der Waals surface area contributed by atoms with Crippen LogP contribution in [-0.4, -0.2) is 61.0 Å². The van der Waals surface area contributed by atoms with Crippen LogP contribution in [0.4, 0.5) is 4.39 Å². The van der Waals surface area contributed by atoms with Gasteiger partial charge in [-0.05, 0) is 24.1 Å². The van der Waals surface area contributed by atoms with Crippen LogP contribution < -0.4 is 11.2 Å². The molecular formula is C23H29FN6O3. The lowest BCUT2D eigenvalue weighted by Gasteiger charge is -2.34. The molecule has 33 heavy (non-hydrogen) atoms. The van der Waals surface area contributed by atoms with Crippen molar-refractivity contribution in [1.29, 1.82) is 0 Å². The maximum Gasteiger partial charge on any atom is 0.330 e. The lowest BCUT2D eigenvalue weighted by Crippen LogP contribution is -2.48. The van der Waals surface area contributed by atoms with E-state index in [-0.39, 0.29) is 18.1 Å². The third-order valence-corrected chi connectivity index (χ3v) is 6.20. The molecule has 176 valence electrons. The molecule has 1 amide bonds. The van der Waals surface area contributed by atoms with Gasteiger partial charge in [-0.15, -0.1) is 0 Å². The molecule has 10 heteroatoms. The zero-order valence-corrected chi connectivity index (χ0v) is 19.0. The van der Waals surface area contributed by atoms with Gasteiger partial charge >= 0.3 is 5.69 Å². The van der Waals surface area contributed by atoms with Gasteiger partial charge < -0.3 is 9.47 Å². The van der Waals surface area contributed by atoms with Gasteiger partial charge in [0.1, 0.15) is 11.6 Å². The summed E-state index contributed by atoms with van der Waals surface area (Å²) in [6, 6.07) is 6.00. The number of benzene rings is 1. The summed E-state index contributed by atoms with van der Waals surface area (Å²) in [5.41, 5.74) is 0.749. The first-order valence-corrected chi connectivity index (χ1v) is 11.3. The molecule has 1 saturated heterocycles. The van der Waals surface area contributed by atoms with E-state index in [9.17, 15) is 18.8 Å². The summed E-state index contributed by atoms with van der Waals surface area (Å²) in [7, 11) is 1.79. The van der Waals surface area contributed by atoms with E-state index in [0.717, 1.165) is 18.4 Å². The molecule has 1 aliphatic rings. The van der Waals surface area contributed by atoms with Crippen molar-refractivity contribution in [3.05, 3.63) is 62.3 Å². The highest BCUT2D eigenvalue weighted by atomic mass is 19.1. The highest BCUT2D eigenvalue weighted by Crippen LogP contribution is 2.14. The van der Waals surface area contributed by atoms with Crippen molar-refractivity contribution >= 4 is 17.1 Å². The summed E-state index contributed by atoms with van der Waals surface area (Å²) in [6.07, 6.45) is 2.00. The van der Waals surface area contributed by atoms with E-state index in [4.69, 9.17) is 0 Å². The molecule has 1 aliphatic heterocycles. The molecule has 0 bridgehead atoms. The van der Waals surface area contributed by atoms with Crippen molar-refractivity contribution in [3.8, 4) is 0 Å².